The fourth-order valence-electron chi connectivity index (χ4n) is 4.37. The molecule has 0 radical (unpaired) electrons. The summed E-state index contributed by atoms with van der Waals surface area (Å²) in [6, 6.07) is 14.2. The van der Waals surface area contributed by atoms with E-state index in [0.29, 0.717) is 60.9 Å². The molecule has 0 N–H and O–H groups in total. The number of benzene rings is 2. The lowest BCUT2D eigenvalue weighted by Gasteiger charge is -2.36. The lowest BCUT2D eigenvalue weighted by molar-refractivity contribution is -0.134. The van der Waals surface area contributed by atoms with Crippen molar-refractivity contribution in [3.8, 4) is 0 Å². The van der Waals surface area contributed by atoms with E-state index < -0.39 is 11.8 Å². The predicted octanol–water partition coefficient (Wildman–Crippen LogP) is 3.40. The summed E-state index contributed by atoms with van der Waals surface area (Å²) in [5, 5.41) is 4.47. The van der Waals surface area contributed by atoms with Crippen molar-refractivity contribution in [3.63, 3.8) is 0 Å². The van der Waals surface area contributed by atoms with Gasteiger partial charge in [-0.05, 0) is 44.5 Å². The first-order valence-electron chi connectivity index (χ1n) is 11.8. The highest BCUT2D eigenvalue weighted by Crippen LogP contribution is 2.22. The molecule has 3 aromatic rings. The largest absolute Gasteiger partial charge is 0.452 e. The summed E-state index contributed by atoms with van der Waals surface area (Å²) >= 11 is 0. The molecule has 0 bridgehead atoms. The summed E-state index contributed by atoms with van der Waals surface area (Å²) in [6.45, 7) is 6.71. The van der Waals surface area contributed by atoms with Gasteiger partial charge in [0.05, 0.1) is 23.6 Å². The normalized spacial score (nSPS) is 13.6. The Morgan fingerprint density at radius 3 is 2.33 bits per heavy atom. The molecule has 4 rings (SSSR count). The Morgan fingerprint density at radius 1 is 1.00 bits per heavy atom. The quantitative estimate of drug-likeness (QED) is 0.371. The van der Waals surface area contributed by atoms with E-state index in [-0.39, 0.29) is 18.3 Å². The number of carbonyl (C=O) groups excluding carboxylic acids is 3. The van der Waals surface area contributed by atoms with E-state index in [1.165, 1.54) is 13.0 Å². The van der Waals surface area contributed by atoms with Gasteiger partial charge in [-0.1, -0.05) is 30.3 Å². The van der Waals surface area contributed by atoms with Gasteiger partial charge in [-0.15, -0.1) is 0 Å². The molecule has 2 aromatic carbocycles. The Hall–Kier alpha value is -4.01. The van der Waals surface area contributed by atoms with Crippen molar-refractivity contribution < 1.29 is 23.5 Å². The van der Waals surface area contributed by atoms with Crippen LogP contribution in [0.4, 0.5) is 10.1 Å². The third-order valence-electron chi connectivity index (χ3n) is 6.41. The second-order valence-corrected chi connectivity index (χ2v) is 8.86. The van der Waals surface area contributed by atoms with Crippen LogP contribution < -0.4 is 4.90 Å². The van der Waals surface area contributed by atoms with Crippen LogP contribution in [0.3, 0.4) is 0 Å². The van der Waals surface area contributed by atoms with E-state index in [1.54, 1.807) is 28.6 Å². The van der Waals surface area contributed by atoms with E-state index in [4.69, 9.17) is 4.74 Å². The van der Waals surface area contributed by atoms with Gasteiger partial charge in [0.1, 0.15) is 11.4 Å². The van der Waals surface area contributed by atoms with Crippen molar-refractivity contribution >= 4 is 23.3 Å². The molecule has 1 aliphatic rings. The fourth-order valence-corrected chi connectivity index (χ4v) is 4.37. The molecule has 1 aliphatic heterocycles. The molecular formula is C27H29FN4O4. The molecule has 1 aromatic heterocycles. The molecule has 8 nitrogen and oxygen atoms in total. The number of nitrogens with zero attached hydrogens (tertiary/aromatic N) is 4. The summed E-state index contributed by atoms with van der Waals surface area (Å²) in [5.74, 6) is -1.54. The number of aromatic nitrogens is 2. The number of piperazine rings is 1. The number of halogens is 1. The molecular weight excluding hydrogens is 463 g/mol. The molecule has 36 heavy (non-hydrogen) atoms. The van der Waals surface area contributed by atoms with E-state index >= 15 is 0 Å². The topological polar surface area (TPSA) is 84.7 Å². The van der Waals surface area contributed by atoms with E-state index in [1.807, 2.05) is 42.2 Å². The van der Waals surface area contributed by atoms with Crippen LogP contribution in [-0.4, -0.2) is 65.1 Å². The van der Waals surface area contributed by atoms with Crippen molar-refractivity contribution in [2.75, 3.05) is 37.7 Å². The minimum Gasteiger partial charge on any atom is -0.452 e. The molecule has 0 aliphatic carbocycles. The van der Waals surface area contributed by atoms with Crippen LogP contribution in [-0.2, 0) is 16.1 Å². The first-order valence-corrected chi connectivity index (χ1v) is 11.8. The number of hydrogen-bond donors (Lipinski definition) is 0. The molecule has 0 atom stereocenters. The van der Waals surface area contributed by atoms with Crippen molar-refractivity contribution in [2.45, 2.75) is 27.3 Å². The van der Waals surface area contributed by atoms with Crippen LogP contribution in [0.1, 0.15) is 44.6 Å². The average Bonchev–Trinajstić information content (AvgIpc) is 3.15. The van der Waals surface area contributed by atoms with E-state index in [2.05, 4.69) is 5.10 Å². The van der Waals surface area contributed by atoms with Crippen LogP contribution in [0.2, 0.25) is 0 Å². The molecule has 9 heteroatoms. The number of aryl methyl sites for hydroxylation is 1. The van der Waals surface area contributed by atoms with Gasteiger partial charge < -0.3 is 14.5 Å². The number of hydrogen-bond acceptors (Lipinski definition) is 6. The molecule has 1 amide bonds. The molecule has 0 saturated carbocycles. The van der Waals surface area contributed by atoms with Gasteiger partial charge in [-0.3, -0.25) is 14.3 Å². The van der Waals surface area contributed by atoms with Crippen LogP contribution in [0.5, 0.6) is 0 Å². The Bertz CT molecular complexity index is 1280. The molecule has 1 saturated heterocycles. The number of carbonyl (C=O) groups is 3. The summed E-state index contributed by atoms with van der Waals surface area (Å²) in [7, 11) is 0. The zero-order chi connectivity index (χ0) is 25.8. The Labute approximate surface area is 209 Å². The number of amides is 1. The monoisotopic (exact) mass is 492 g/mol. The number of anilines is 1. The second-order valence-electron chi connectivity index (χ2n) is 8.86. The molecule has 1 fully saturated rings. The smallest absolute Gasteiger partial charge is 0.342 e. The summed E-state index contributed by atoms with van der Waals surface area (Å²) in [4.78, 5) is 40.3. The van der Waals surface area contributed by atoms with Gasteiger partial charge in [0, 0.05) is 31.7 Å². The summed E-state index contributed by atoms with van der Waals surface area (Å²) < 4.78 is 21.6. The van der Waals surface area contributed by atoms with Crippen molar-refractivity contribution in [3.05, 3.63) is 82.4 Å². The third-order valence-corrected chi connectivity index (χ3v) is 6.41. The van der Waals surface area contributed by atoms with Crippen LogP contribution >= 0.6 is 0 Å². The Morgan fingerprint density at radius 2 is 1.69 bits per heavy atom. The van der Waals surface area contributed by atoms with Crippen LogP contribution in [0, 0.1) is 19.7 Å². The first-order chi connectivity index (χ1) is 17.2. The second kappa shape index (κ2) is 10.7. The highest BCUT2D eigenvalue weighted by atomic mass is 19.1. The third kappa shape index (κ3) is 5.45. The van der Waals surface area contributed by atoms with Gasteiger partial charge >= 0.3 is 5.97 Å². The van der Waals surface area contributed by atoms with Crippen LogP contribution in [0.15, 0.2) is 48.5 Å². The zero-order valence-electron chi connectivity index (χ0n) is 20.7. The maximum Gasteiger partial charge on any atom is 0.342 e. The van der Waals surface area contributed by atoms with Crippen LogP contribution in [0.25, 0.3) is 0 Å². The lowest BCUT2D eigenvalue weighted by atomic mass is 10.1. The summed E-state index contributed by atoms with van der Waals surface area (Å²) in [5.41, 5.74) is 3.38. The van der Waals surface area contributed by atoms with Gasteiger partial charge in [0.25, 0.3) is 5.91 Å². The SMILES string of the molecule is CC(=O)c1ccc(N2CCN(C(=O)COC(=O)c3c(C)nn(Cc4ccccc4)c3C)CC2)c(F)c1. The zero-order valence-corrected chi connectivity index (χ0v) is 20.7. The minimum atomic E-state index is -0.580. The van der Waals surface area contributed by atoms with Crippen molar-refractivity contribution in [2.24, 2.45) is 0 Å². The minimum absolute atomic E-state index is 0.195. The highest BCUT2D eigenvalue weighted by molar-refractivity contribution is 5.94. The number of ketones is 1. The fraction of sp³-hybridized carbons (Fsp3) is 0.333. The molecule has 0 unspecified atom stereocenters. The van der Waals surface area contributed by atoms with Crippen molar-refractivity contribution in [1.29, 1.82) is 0 Å². The van der Waals surface area contributed by atoms with Gasteiger partial charge in [0.2, 0.25) is 0 Å². The number of ether oxygens (including phenoxy) is 1. The van der Waals surface area contributed by atoms with Gasteiger partial charge in [-0.2, -0.15) is 5.10 Å². The summed E-state index contributed by atoms with van der Waals surface area (Å²) in [6.07, 6.45) is 0. The molecule has 2 heterocycles. The van der Waals surface area contributed by atoms with E-state index in [9.17, 15) is 18.8 Å². The predicted molar refractivity (Wildman–Crippen MR) is 133 cm³/mol. The maximum absolute atomic E-state index is 14.5. The standard InChI is InChI=1S/C27H29FN4O4/c1-18-26(19(2)32(29-18)16-21-7-5-4-6-8-21)27(35)36-17-25(34)31-13-11-30(12-14-31)24-10-9-22(20(3)33)15-23(24)28/h4-10,15H,11-14,16-17H2,1-3H3. The Balaban J connectivity index is 1.31. The lowest BCUT2D eigenvalue weighted by Crippen LogP contribution is -2.50. The van der Waals surface area contributed by atoms with Crippen molar-refractivity contribution in [1.82, 2.24) is 14.7 Å². The maximum atomic E-state index is 14.5. The number of rotatable bonds is 7. The van der Waals surface area contributed by atoms with Gasteiger partial charge in [-0.25, -0.2) is 9.18 Å². The molecule has 188 valence electrons. The van der Waals surface area contributed by atoms with Gasteiger partial charge in [0.15, 0.2) is 12.4 Å². The highest BCUT2D eigenvalue weighted by Gasteiger charge is 2.26. The Kier molecular flexibility index (Phi) is 7.47. The number of Topliss-reactive ketones (excluding diaryl/α,β-unsaturated/α-hetero) is 1. The van der Waals surface area contributed by atoms with E-state index in [0.717, 1.165) is 5.56 Å². The first kappa shape index (κ1) is 25.1. The number of esters is 1. The molecule has 0 spiro atoms. The average molecular weight is 493 g/mol.